The van der Waals surface area contributed by atoms with Gasteiger partial charge in [0.1, 0.15) is 0 Å². The molecule has 0 aliphatic carbocycles. The van der Waals surface area contributed by atoms with Crippen molar-refractivity contribution in [1.29, 1.82) is 0 Å². The molecular formula is C17H24N4. The van der Waals surface area contributed by atoms with E-state index in [1.807, 2.05) is 17.9 Å². The first-order chi connectivity index (χ1) is 10.1. The van der Waals surface area contributed by atoms with Crippen molar-refractivity contribution in [3.8, 4) is 11.3 Å². The van der Waals surface area contributed by atoms with Gasteiger partial charge in [-0.25, -0.2) is 0 Å². The van der Waals surface area contributed by atoms with Crippen molar-refractivity contribution < 1.29 is 0 Å². The minimum absolute atomic E-state index is 0.573. The number of piperazine rings is 1. The molecule has 1 aromatic heterocycles. The molecule has 0 amide bonds. The third-order valence-corrected chi connectivity index (χ3v) is 4.21. The van der Waals surface area contributed by atoms with Crippen molar-refractivity contribution >= 4 is 0 Å². The average molecular weight is 284 g/mol. The number of aryl methyl sites for hydroxylation is 2. The summed E-state index contributed by atoms with van der Waals surface area (Å²) in [4.78, 5) is 2.53. The monoisotopic (exact) mass is 284 g/mol. The van der Waals surface area contributed by atoms with Crippen molar-refractivity contribution in [3.63, 3.8) is 0 Å². The molecular weight excluding hydrogens is 260 g/mol. The summed E-state index contributed by atoms with van der Waals surface area (Å²) in [6, 6.07) is 9.42. The number of hydrogen-bond donors (Lipinski definition) is 1. The molecule has 0 bridgehead atoms. The molecule has 2 aromatic rings. The molecule has 1 aromatic carbocycles. The molecule has 1 N–H and O–H groups in total. The standard InChI is InChI=1S/C17H24N4/c1-13-4-5-15(12-21-9-8-18-14(2)11-21)16(10-13)17-6-7-19-20(17)3/h4-7,10,14,18H,8-9,11-12H2,1-3H3/t14-/m0/s1. The molecule has 0 radical (unpaired) electrons. The fourth-order valence-electron chi connectivity index (χ4n) is 3.10. The van der Waals surface area contributed by atoms with E-state index < -0.39 is 0 Å². The molecule has 21 heavy (non-hydrogen) atoms. The third-order valence-electron chi connectivity index (χ3n) is 4.21. The molecule has 1 saturated heterocycles. The van der Waals surface area contributed by atoms with Gasteiger partial charge in [-0.15, -0.1) is 0 Å². The molecule has 3 rings (SSSR count). The van der Waals surface area contributed by atoms with Gasteiger partial charge in [-0.1, -0.05) is 17.7 Å². The van der Waals surface area contributed by atoms with Crippen LogP contribution in [0.15, 0.2) is 30.5 Å². The SMILES string of the molecule is Cc1ccc(CN2CCN[C@@H](C)C2)c(-c2ccnn2C)c1. The molecule has 0 spiro atoms. The molecule has 1 atom stereocenters. The fraction of sp³-hybridized carbons (Fsp3) is 0.471. The van der Waals surface area contributed by atoms with Crippen LogP contribution in [0.1, 0.15) is 18.1 Å². The first-order valence-electron chi connectivity index (χ1n) is 7.67. The van der Waals surface area contributed by atoms with Gasteiger partial charge in [0.15, 0.2) is 0 Å². The van der Waals surface area contributed by atoms with E-state index in [-0.39, 0.29) is 0 Å². The molecule has 4 nitrogen and oxygen atoms in total. The summed E-state index contributed by atoms with van der Waals surface area (Å²) >= 11 is 0. The lowest BCUT2D eigenvalue weighted by Gasteiger charge is -2.32. The zero-order valence-electron chi connectivity index (χ0n) is 13.1. The Bertz CT molecular complexity index is 617. The first-order valence-corrected chi connectivity index (χ1v) is 7.67. The van der Waals surface area contributed by atoms with E-state index in [1.54, 1.807) is 0 Å². The summed E-state index contributed by atoms with van der Waals surface area (Å²) in [5.41, 5.74) is 5.18. The lowest BCUT2D eigenvalue weighted by atomic mass is 10.0. The van der Waals surface area contributed by atoms with E-state index >= 15 is 0 Å². The summed E-state index contributed by atoms with van der Waals surface area (Å²) in [5.74, 6) is 0. The lowest BCUT2D eigenvalue weighted by Crippen LogP contribution is -2.48. The quantitative estimate of drug-likeness (QED) is 0.938. The van der Waals surface area contributed by atoms with Gasteiger partial charge >= 0.3 is 0 Å². The number of hydrogen-bond acceptors (Lipinski definition) is 3. The molecule has 1 aliphatic heterocycles. The van der Waals surface area contributed by atoms with Gasteiger partial charge in [0.05, 0.1) is 5.69 Å². The normalized spacial score (nSPS) is 19.9. The van der Waals surface area contributed by atoms with Crippen molar-refractivity contribution in [2.45, 2.75) is 26.4 Å². The van der Waals surface area contributed by atoms with Crippen molar-refractivity contribution in [3.05, 3.63) is 41.6 Å². The van der Waals surface area contributed by atoms with E-state index in [2.05, 4.69) is 53.4 Å². The van der Waals surface area contributed by atoms with Crippen LogP contribution in [0.5, 0.6) is 0 Å². The maximum Gasteiger partial charge on any atom is 0.0682 e. The molecule has 0 unspecified atom stereocenters. The second-order valence-corrected chi connectivity index (χ2v) is 6.09. The lowest BCUT2D eigenvalue weighted by molar-refractivity contribution is 0.200. The summed E-state index contributed by atoms with van der Waals surface area (Å²) in [7, 11) is 2.01. The van der Waals surface area contributed by atoms with E-state index in [0.29, 0.717) is 6.04 Å². The van der Waals surface area contributed by atoms with Crippen LogP contribution in [0.25, 0.3) is 11.3 Å². The van der Waals surface area contributed by atoms with Crippen LogP contribution >= 0.6 is 0 Å². The molecule has 0 saturated carbocycles. The van der Waals surface area contributed by atoms with Crippen molar-refractivity contribution in [1.82, 2.24) is 20.0 Å². The van der Waals surface area contributed by atoms with Gasteiger partial charge in [0, 0.05) is 51.0 Å². The second-order valence-electron chi connectivity index (χ2n) is 6.09. The average Bonchev–Trinajstić information content (AvgIpc) is 2.87. The topological polar surface area (TPSA) is 33.1 Å². The highest BCUT2D eigenvalue weighted by Crippen LogP contribution is 2.26. The Morgan fingerprint density at radius 3 is 2.90 bits per heavy atom. The summed E-state index contributed by atoms with van der Waals surface area (Å²) in [6.07, 6.45) is 1.87. The van der Waals surface area contributed by atoms with Crippen LogP contribution in [0.3, 0.4) is 0 Å². The van der Waals surface area contributed by atoms with E-state index in [9.17, 15) is 0 Å². The van der Waals surface area contributed by atoms with Crippen LogP contribution < -0.4 is 5.32 Å². The van der Waals surface area contributed by atoms with Crippen LogP contribution in [0, 0.1) is 6.92 Å². The van der Waals surface area contributed by atoms with Crippen LogP contribution in [-0.2, 0) is 13.6 Å². The molecule has 4 heteroatoms. The summed E-state index contributed by atoms with van der Waals surface area (Å²) < 4.78 is 1.96. The third kappa shape index (κ3) is 3.17. The van der Waals surface area contributed by atoms with Crippen molar-refractivity contribution in [2.24, 2.45) is 7.05 Å². The van der Waals surface area contributed by atoms with E-state index in [1.165, 1.54) is 22.4 Å². The number of benzene rings is 1. The Morgan fingerprint density at radius 2 is 2.19 bits per heavy atom. The van der Waals surface area contributed by atoms with E-state index in [4.69, 9.17) is 0 Å². The maximum atomic E-state index is 4.32. The van der Waals surface area contributed by atoms with Crippen molar-refractivity contribution in [2.75, 3.05) is 19.6 Å². The zero-order chi connectivity index (χ0) is 14.8. The largest absolute Gasteiger partial charge is 0.312 e. The van der Waals surface area contributed by atoms with Crippen LogP contribution in [0.4, 0.5) is 0 Å². The maximum absolute atomic E-state index is 4.32. The molecule has 1 aliphatic rings. The molecule has 2 heterocycles. The number of nitrogens with zero attached hydrogens (tertiary/aromatic N) is 3. The molecule has 112 valence electrons. The zero-order valence-corrected chi connectivity index (χ0v) is 13.1. The van der Waals surface area contributed by atoms with Gasteiger partial charge < -0.3 is 5.32 Å². The van der Waals surface area contributed by atoms with Gasteiger partial charge in [0.2, 0.25) is 0 Å². The number of nitrogens with one attached hydrogen (secondary N) is 1. The van der Waals surface area contributed by atoms with Gasteiger partial charge in [-0.3, -0.25) is 9.58 Å². The predicted molar refractivity (Wildman–Crippen MR) is 86.1 cm³/mol. The highest BCUT2D eigenvalue weighted by Gasteiger charge is 2.17. The second kappa shape index (κ2) is 6.00. The highest BCUT2D eigenvalue weighted by atomic mass is 15.3. The highest BCUT2D eigenvalue weighted by molar-refractivity contribution is 5.64. The first kappa shape index (κ1) is 14.3. The van der Waals surface area contributed by atoms with Crippen LogP contribution in [0.2, 0.25) is 0 Å². The fourth-order valence-corrected chi connectivity index (χ4v) is 3.10. The van der Waals surface area contributed by atoms with Gasteiger partial charge in [-0.2, -0.15) is 5.10 Å². The summed E-state index contributed by atoms with van der Waals surface area (Å²) in [6.45, 7) is 8.71. The van der Waals surface area contributed by atoms with Gasteiger partial charge in [-0.05, 0) is 31.5 Å². The predicted octanol–water partition coefficient (Wildman–Crippen LogP) is 2.19. The number of rotatable bonds is 3. The Hall–Kier alpha value is -1.65. The Kier molecular flexibility index (Phi) is 4.08. The smallest absolute Gasteiger partial charge is 0.0682 e. The van der Waals surface area contributed by atoms with Gasteiger partial charge in [0.25, 0.3) is 0 Å². The minimum atomic E-state index is 0.573. The minimum Gasteiger partial charge on any atom is -0.312 e. The molecule has 1 fully saturated rings. The Balaban J connectivity index is 1.90. The van der Waals surface area contributed by atoms with E-state index in [0.717, 1.165) is 26.2 Å². The Labute approximate surface area is 126 Å². The number of aromatic nitrogens is 2. The summed E-state index contributed by atoms with van der Waals surface area (Å²) in [5, 5.41) is 7.82. The Morgan fingerprint density at radius 1 is 1.33 bits per heavy atom. The van der Waals surface area contributed by atoms with Crippen LogP contribution in [-0.4, -0.2) is 40.4 Å².